The third-order valence-corrected chi connectivity index (χ3v) is 22.9. The lowest BCUT2D eigenvalue weighted by atomic mass is 9.85. The normalized spacial score (nSPS) is 44.9. The molecule has 24 saturated heterocycles. The molecule has 24 aliphatic rings. The minimum atomic E-state index is -1.61. The highest BCUT2D eigenvalue weighted by Crippen LogP contribution is 2.42. The van der Waals surface area contributed by atoms with Gasteiger partial charge in [0.25, 0.3) is 0 Å². The minimum absolute atomic E-state index is 0.00304. The first-order valence-electron chi connectivity index (χ1n) is 33.8. The van der Waals surface area contributed by atoms with E-state index in [4.69, 9.17) is 99.5 Å². The molecule has 0 aromatic carbocycles. The van der Waals surface area contributed by atoms with E-state index in [9.17, 15) is 35.7 Å². The van der Waals surface area contributed by atoms with Crippen molar-refractivity contribution in [2.24, 2.45) is 5.92 Å². The third kappa shape index (κ3) is 21.6. The second-order valence-electron chi connectivity index (χ2n) is 25.1. The molecule has 102 heavy (non-hydrogen) atoms. The summed E-state index contributed by atoms with van der Waals surface area (Å²) in [5.74, 6) is -0.526. The fraction of sp³-hybridized carbons (Fsp3) is 0.791. The molecule has 24 rings (SSSR count). The second-order valence-corrected chi connectivity index (χ2v) is 29.6. The Morgan fingerprint density at radius 3 is 0.676 bits per heavy atom. The van der Waals surface area contributed by atoms with Crippen LogP contribution >= 0.6 is 112 Å². The Morgan fingerprint density at radius 1 is 0.265 bits per heavy atom. The number of alkyl halides is 7. The van der Waals surface area contributed by atoms with E-state index < -0.39 is 215 Å². The van der Waals surface area contributed by atoms with Gasteiger partial charge in [-0.3, -0.25) is 0 Å². The lowest BCUT2D eigenvalue weighted by molar-refractivity contribution is -0.395. The monoisotopic (exact) mass is 1900 g/mol. The second kappa shape index (κ2) is 44.6. The Hall–Kier alpha value is 0.420. The highest BCUT2D eigenvalue weighted by Gasteiger charge is 2.60. The summed E-state index contributed by atoms with van der Waals surface area (Å²) in [4.78, 5) is 0. The molecule has 0 aromatic heterocycles. The lowest BCUT2D eigenvalue weighted by Gasteiger charge is -2.51. The van der Waals surface area contributed by atoms with E-state index in [1.165, 1.54) is 42.5 Å². The summed E-state index contributed by atoms with van der Waals surface area (Å²) < 4.78 is 137. The summed E-state index contributed by atoms with van der Waals surface area (Å²) in [6.45, 7) is 26.3. The van der Waals surface area contributed by atoms with Gasteiger partial charge >= 0.3 is 0 Å². The zero-order valence-corrected chi connectivity index (χ0v) is 67.4. The van der Waals surface area contributed by atoms with Crippen LogP contribution in [0.4, 0.5) is 0 Å². The topological polar surface area (TPSA) is 335 Å². The predicted octanol–water partition coefficient (Wildman–Crippen LogP) is 4.48. The van der Waals surface area contributed by atoms with Gasteiger partial charge in [-0.25, -0.2) is 0 Å². The van der Waals surface area contributed by atoms with Crippen molar-refractivity contribution >= 4 is 112 Å². The molecule has 0 aromatic rings. The van der Waals surface area contributed by atoms with Crippen LogP contribution in [0.5, 0.6) is 0 Å². The maximum absolute atomic E-state index is 12.6. The molecule has 14 bridgehead atoms. The van der Waals surface area contributed by atoms with Crippen molar-refractivity contribution < 1.29 is 135 Å². The van der Waals surface area contributed by atoms with Gasteiger partial charge in [0.05, 0.1) is 95.1 Å². The fourth-order valence-corrected chi connectivity index (χ4v) is 17.3. The molecular weight excluding hydrogens is 1810 g/mol. The highest BCUT2D eigenvalue weighted by atomic mass is 79.9. The molecule has 24 aliphatic heterocycles. The minimum Gasteiger partial charge on any atom is -0.390 e. The molecule has 0 amide bonds. The Balaban J connectivity index is 1.15. The first-order chi connectivity index (χ1) is 49.4. The van der Waals surface area contributed by atoms with Crippen molar-refractivity contribution in [2.75, 3.05) is 90.2 Å². The number of halogens is 7. The summed E-state index contributed by atoms with van der Waals surface area (Å²) in [5.41, 5.74) is 0. The van der Waals surface area contributed by atoms with Crippen LogP contribution in [-0.4, -0.2) is 335 Å². The fourth-order valence-electron chi connectivity index (χ4n) is 13.5. The van der Waals surface area contributed by atoms with Crippen LogP contribution in [0.2, 0.25) is 0 Å². The number of ether oxygens (including phenoxy) is 21. The zero-order valence-electron chi connectivity index (χ0n) is 56.3. The van der Waals surface area contributed by atoms with E-state index in [-0.39, 0.29) is 90.2 Å². The molecule has 0 spiro atoms. The Morgan fingerprint density at radius 2 is 0.461 bits per heavy atom. The molecule has 21 unspecified atom stereocenters. The average Bonchev–Trinajstić information content (AvgIpc) is 0.773. The number of hydrogen-bond acceptors (Lipinski definition) is 28. The standard InChI is InChI=1S/C67H99Br7O28/c1-8-18-82-54-41(75)33-17-15-16-25-89-61-55(83-19-9-2)42(76)48(35(27-69)91-61)98-63-57(85-21-11-4)44(78)50(37(29-71)93-63)100-65-59(87-23-13-6)46(80)52(39(31-73)95-65)102-67-60(88-24-14-7)47(81)53(40(32-74)96-67)101-66-58(86-22-12-5)45(79)51(38(30-72)94-66)99-64-56(84-20-10-3)43(77)49(36(28-70)92-64)97-62(54)90-34(33)26-68/h8-14,33-67,75-81H,1-7,15-32H2/t33?,34?,35?,36?,37?,38?,39?,40?,41-,42-,43-,44-,45-,46-,47-,48?,49?,50?,51?,52?,53?,54?,55?,56?,57?,58?,59?,60?,61-,62+,63+,64+,65+,66+,67+/m0/s1. The highest BCUT2D eigenvalue weighted by molar-refractivity contribution is 9.10. The summed E-state index contributed by atoms with van der Waals surface area (Å²) in [5, 5.41) is 88.2. The molecule has 28 nitrogen and oxygen atoms in total. The first-order valence-corrected chi connectivity index (χ1v) is 41.7. The molecule has 0 aliphatic carbocycles. The number of aliphatic hydroxyl groups is 7. The van der Waals surface area contributed by atoms with Gasteiger partial charge in [0.1, 0.15) is 116 Å². The summed E-state index contributed by atoms with van der Waals surface area (Å²) in [6, 6.07) is 0. The molecule has 0 radical (unpaired) electrons. The molecular formula is C67H99Br7O28. The van der Waals surface area contributed by atoms with Crippen molar-refractivity contribution in [3.63, 3.8) is 0 Å². The van der Waals surface area contributed by atoms with E-state index >= 15 is 0 Å². The van der Waals surface area contributed by atoms with Crippen molar-refractivity contribution in [3.05, 3.63) is 88.6 Å². The van der Waals surface area contributed by atoms with Gasteiger partial charge in [-0.15, -0.1) is 46.1 Å². The Labute approximate surface area is 654 Å². The van der Waals surface area contributed by atoms with E-state index in [0.29, 0.717) is 19.3 Å². The van der Waals surface area contributed by atoms with Crippen LogP contribution in [0, 0.1) is 5.92 Å². The van der Waals surface area contributed by atoms with Gasteiger partial charge in [-0.05, 0) is 12.8 Å². The average molecular weight is 1910 g/mol. The van der Waals surface area contributed by atoms with Crippen LogP contribution in [0.15, 0.2) is 88.6 Å². The number of hydrogen-bond donors (Lipinski definition) is 7. The Kier molecular flexibility index (Phi) is 38.5. The molecule has 35 heteroatoms. The molecule has 24 fully saturated rings. The molecule has 584 valence electrons. The van der Waals surface area contributed by atoms with Crippen molar-refractivity contribution in [2.45, 2.75) is 228 Å². The summed E-state index contributed by atoms with van der Waals surface area (Å²) in [7, 11) is 0. The van der Waals surface area contributed by atoms with Gasteiger partial charge in [-0.1, -0.05) is 160 Å². The maximum atomic E-state index is 12.6. The Bertz CT molecular complexity index is 2540. The van der Waals surface area contributed by atoms with Gasteiger partial charge in [-0.2, -0.15) is 0 Å². The van der Waals surface area contributed by atoms with Gasteiger partial charge < -0.3 is 135 Å². The van der Waals surface area contributed by atoms with Gasteiger partial charge in [0.2, 0.25) is 0 Å². The van der Waals surface area contributed by atoms with Crippen LogP contribution < -0.4 is 0 Å². The summed E-state index contributed by atoms with van der Waals surface area (Å²) in [6.07, 6.45) is -32.1. The number of fused-ring (bicyclic) bond motifs is 1. The van der Waals surface area contributed by atoms with Gasteiger partial charge in [0.15, 0.2) is 44.0 Å². The van der Waals surface area contributed by atoms with Gasteiger partial charge in [0, 0.05) is 49.8 Å². The van der Waals surface area contributed by atoms with E-state index in [1.807, 2.05) is 0 Å². The number of aliphatic hydroxyl groups excluding tert-OH is 7. The third-order valence-electron chi connectivity index (χ3n) is 18.4. The van der Waals surface area contributed by atoms with Crippen LogP contribution in [-0.2, 0) is 99.5 Å². The predicted molar refractivity (Wildman–Crippen MR) is 391 cm³/mol. The van der Waals surface area contributed by atoms with Crippen LogP contribution in [0.1, 0.15) is 19.3 Å². The van der Waals surface area contributed by atoms with E-state index in [0.717, 1.165) is 0 Å². The molecule has 0 saturated carbocycles. The smallest absolute Gasteiger partial charge is 0.187 e. The SMILES string of the molecule is C=CCOC1[C@@H]2OC(CBr)C(CCCCO[C@H]3OC(CBr)C(O[C@H]4OC(CBr)C(O[C@H]5OC(CBr)C(O[C@H]6OC(CBr)C(O[C@H]7OC(CBr)C(O[C@H]8OC(CBr)C(O2)[C@H](O)C8OCC=C)[C@H](O)C7OCC=C)[C@H](O)C6OCC=C)[C@H](O)C5OCC=C)[C@H](O)C4OCC=C)[C@H](O)C3OCC=C)[C@@H]1O. The number of rotatable bonds is 28. The molecule has 7 N–H and O–H groups in total. The zero-order chi connectivity index (χ0) is 73.7. The molecule has 35 atom stereocenters. The van der Waals surface area contributed by atoms with Crippen molar-refractivity contribution in [3.8, 4) is 0 Å². The lowest BCUT2D eigenvalue weighted by Crippen LogP contribution is -2.68. The summed E-state index contributed by atoms with van der Waals surface area (Å²) >= 11 is 24.9. The van der Waals surface area contributed by atoms with Crippen molar-refractivity contribution in [1.29, 1.82) is 0 Å². The quantitative estimate of drug-likeness (QED) is 0.0419. The van der Waals surface area contributed by atoms with Crippen LogP contribution in [0.25, 0.3) is 0 Å². The maximum Gasteiger partial charge on any atom is 0.187 e. The van der Waals surface area contributed by atoms with E-state index in [1.54, 1.807) is 0 Å². The van der Waals surface area contributed by atoms with Crippen LogP contribution in [0.3, 0.4) is 0 Å². The molecule has 24 heterocycles. The largest absolute Gasteiger partial charge is 0.390 e. The van der Waals surface area contributed by atoms with E-state index in [2.05, 4.69) is 158 Å². The van der Waals surface area contributed by atoms with Crippen molar-refractivity contribution in [1.82, 2.24) is 0 Å². The first kappa shape index (κ1) is 88.0.